The second kappa shape index (κ2) is 7.06. The molecule has 0 saturated carbocycles. The Morgan fingerprint density at radius 3 is 2.42 bits per heavy atom. The van der Waals surface area contributed by atoms with Crippen molar-refractivity contribution in [1.82, 2.24) is 5.32 Å². The molecule has 106 valence electrons. The van der Waals surface area contributed by atoms with Gasteiger partial charge in [-0.15, -0.1) is 0 Å². The molecule has 0 radical (unpaired) electrons. The molecule has 0 aliphatic rings. The first-order valence-electron chi connectivity index (χ1n) is 6.66. The van der Waals surface area contributed by atoms with E-state index in [2.05, 4.69) is 28.2 Å². The fraction of sp³-hybridized carbons (Fsp3) is 0.533. The summed E-state index contributed by atoms with van der Waals surface area (Å²) in [5.41, 5.74) is 6.36. The van der Waals surface area contributed by atoms with Gasteiger partial charge in [0.25, 0.3) is 0 Å². The molecule has 0 spiro atoms. The Balaban J connectivity index is 2.68. The van der Waals surface area contributed by atoms with Crippen LogP contribution in [-0.2, 0) is 10.3 Å². The number of hydrogen-bond donors (Lipinski definition) is 2. The fourth-order valence-corrected chi connectivity index (χ4v) is 2.26. The van der Waals surface area contributed by atoms with E-state index >= 15 is 0 Å². The summed E-state index contributed by atoms with van der Waals surface area (Å²) in [6.07, 6.45) is 1.43. The zero-order valence-corrected chi connectivity index (χ0v) is 13.5. The number of carbonyl (C=O) groups excluding carboxylic acids is 1. The third kappa shape index (κ3) is 4.96. The topological polar surface area (TPSA) is 55.1 Å². The van der Waals surface area contributed by atoms with Gasteiger partial charge in [-0.25, -0.2) is 0 Å². The summed E-state index contributed by atoms with van der Waals surface area (Å²) in [5, 5.41) is 3.08. The zero-order valence-electron chi connectivity index (χ0n) is 11.9. The Kier molecular flexibility index (Phi) is 6.01. The van der Waals surface area contributed by atoms with E-state index in [-0.39, 0.29) is 17.4 Å². The molecule has 0 saturated heterocycles. The van der Waals surface area contributed by atoms with Crippen LogP contribution >= 0.6 is 15.9 Å². The maximum absolute atomic E-state index is 12.1. The van der Waals surface area contributed by atoms with E-state index in [1.807, 2.05) is 38.1 Å². The Morgan fingerprint density at radius 2 is 1.95 bits per heavy atom. The summed E-state index contributed by atoms with van der Waals surface area (Å²) < 4.78 is 1.03. The van der Waals surface area contributed by atoms with Gasteiger partial charge in [0.2, 0.25) is 5.91 Å². The summed E-state index contributed by atoms with van der Waals surface area (Å²) in [7, 11) is 0. The van der Waals surface area contributed by atoms with Crippen LogP contribution in [0, 0.1) is 5.92 Å². The number of hydrogen-bond acceptors (Lipinski definition) is 2. The largest absolute Gasteiger partial charge is 0.347 e. The van der Waals surface area contributed by atoms with Gasteiger partial charge in [-0.1, -0.05) is 41.4 Å². The highest BCUT2D eigenvalue weighted by atomic mass is 79.9. The van der Waals surface area contributed by atoms with Gasteiger partial charge in [0, 0.05) is 10.9 Å². The van der Waals surface area contributed by atoms with Crippen molar-refractivity contribution in [3.05, 3.63) is 34.3 Å². The van der Waals surface area contributed by atoms with E-state index in [1.54, 1.807) is 0 Å². The Morgan fingerprint density at radius 1 is 1.37 bits per heavy atom. The maximum Gasteiger partial charge on any atom is 0.220 e. The van der Waals surface area contributed by atoms with E-state index < -0.39 is 0 Å². The molecule has 0 heterocycles. The van der Waals surface area contributed by atoms with E-state index in [9.17, 15) is 4.79 Å². The molecule has 3 nitrogen and oxygen atoms in total. The number of halogens is 1. The zero-order chi connectivity index (χ0) is 14.5. The monoisotopic (exact) mass is 326 g/mol. The number of carbonyl (C=O) groups is 1. The normalized spacial score (nSPS) is 13.1. The molecule has 0 aliphatic heterocycles. The molecule has 1 aromatic rings. The minimum absolute atomic E-state index is 0.0604. The standard InChI is InChI=1S/C15H23BrN2O/c1-4-11(10-17)9-14(19)18-15(2,3)12-5-7-13(16)8-6-12/h5-8,11H,4,9-10,17H2,1-3H3,(H,18,19). The van der Waals surface area contributed by atoms with E-state index in [0.717, 1.165) is 16.5 Å². The van der Waals surface area contributed by atoms with Gasteiger partial charge in [0.05, 0.1) is 5.54 Å². The highest BCUT2D eigenvalue weighted by molar-refractivity contribution is 9.10. The lowest BCUT2D eigenvalue weighted by atomic mass is 9.93. The molecule has 0 aromatic heterocycles. The summed E-state index contributed by atoms with van der Waals surface area (Å²) in [4.78, 5) is 12.1. The van der Waals surface area contributed by atoms with Gasteiger partial charge in [0.1, 0.15) is 0 Å². The molecule has 0 bridgehead atoms. The third-order valence-corrected chi connectivity index (χ3v) is 3.93. The second-order valence-electron chi connectivity index (χ2n) is 5.39. The van der Waals surface area contributed by atoms with Gasteiger partial charge in [0.15, 0.2) is 0 Å². The van der Waals surface area contributed by atoms with Crippen LogP contribution in [0.15, 0.2) is 28.7 Å². The number of amides is 1. The Hall–Kier alpha value is -0.870. The number of benzene rings is 1. The van der Waals surface area contributed by atoms with Crippen LogP contribution in [-0.4, -0.2) is 12.5 Å². The van der Waals surface area contributed by atoms with Crippen LogP contribution in [0.4, 0.5) is 0 Å². The van der Waals surface area contributed by atoms with Gasteiger partial charge >= 0.3 is 0 Å². The van der Waals surface area contributed by atoms with Crippen LogP contribution in [0.2, 0.25) is 0 Å². The average Bonchev–Trinajstić information content (AvgIpc) is 2.35. The quantitative estimate of drug-likeness (QED) is 0.843. The van der Waals surface area contributed by atoms with Crippen LogP contribution in [0.25, 0.3) is 0 Å². The molecular formula is C15H23BrN2O. The third-order valence-electron chi connectivity index (χ3n) is 3.40. The van der Waals surface area contributed by atoms with E-state index in [1.165, 1.54) is 0 Å². The fourth-order valence-electron chi connectivity index (χ4n) is 1.99. The lowest BCUT2D eigenvalue weighted by molar-refractivity contribution is -0.123. The molecule has 0 fully saturated rings. The van der Waals surface area contributed by atoms with E-state index in [4.69, 9.17) is 5.73 Å². The Bertz CT molecular complexity index is 411. The minimum atomic E-state index is -0.370. The molecular weight excluding hydrogens is 304 g/mol. The van der Waals surface area contributed by atoms with Crippen LogP contribution in [0.3, 0.4) is 0 Å². The van der Waals surface area contributed by atoms with Gasteiger partial charge in [-0.3, -0.25) is 4.79 Å². The number of rotatable bonds is 6. The van der Waals surface area contributed by atoms with Gasteiger partial charge < -0.3 is 11.1 Å². The predicted octanol–water partition coefficient (Wildman–Crippen LogP) is 3.18. The van der Waals surface area contributed by atoms with Crippen molar-refractivity contribution in [1.29, 1.82) is 0 Å². The Labute approximate surface area is 124 Å². The van der Waals surface area contributed by atoms with E-state index in [0.29, 0.717) is 13.0 Å². The molecule has 1 rings (SSSR count). The highest BCUT2D eigenvalue weighted by Crippen LogP contribution is 2.22. The summed E-state index contributed by atoms with van der Waals surface area (Å²) in [6, 6.07) is 8.01. The molecule has 4 heteroatoms. The van der Waals surface area contributed by atoms with Crippen molar-refractivity contribution in [2.24, 2.45) is 11.7 Å². The predicted molar refractivity (Wildman–Crippen MR) is 82.8 cm³/mol. The average molecular weight is 327 g/mol. The first-order valence-corrected chi connectivity index (χ1v) is 7.45. The smallest absolute Gasteiger partial charge is 0.220 e. The number of nitrogens with one attached hydrogen (secondary N) is 1. The molecule has 0 aliphatic carbocycles. The molecule has 19 heavy (non-hydrogen) atoms. The van der Waals surface area contributed by atoms with Crippen LogP contribution < -0.4 is 11.1 Å². The van der Waals surface area contributed by atoms with Crippen molar-refractivity contribution in [2.45, 2.75) is 39.2 Å². The molecule has 3 N–H and O–H groups in total. The summed E-state index contributed by atoms with van der Waals surface area (Å²) >= 11 is 3.41. The van der Waals surface area contributed by atoms with Crippen molar-refractivity contribution < 1.29 is 4.79 Å². The van der Waals surface area contributed by atoms with Crippen molar-refractivity contribution in [3.63, 3.8) is 0 Å². The molecule has 1 amide bonds. The van der Waals surface area contributed by atoms with Gasteiger partial charge in [-0.05, 0) is 44.0 Å². The number of nitrogens with two attached hydrogens (primary N) is 1. The lowest BCUT2D eigenvalue weighted by Crippen LogP contribution is -2.42. The van der Waals surface area contributed by atoms with Crippen LogP contribution in [0.5, 0.6) is 0 Å². The second-order valence-corrected chi connectivity index (χ2v) is 6.31. The van der Waals surface area contributed by atoms with Crippen molar-refractivity contribution in [2.75, 3.05) is 6.54 Å². The van der Waals surface area contributed by atoms with Crippen molar-refractivity contribution in [3.8, 4) is 0 Å². The first kappa shape index (κ1) is 16.2. The summed E-state index contributed by atoms with van der Waals surface area (Å²) in [5.74, 6) is 0.325. The minimum Gasteiger partial charge on any atom is -0.347 e. The SMILES string of the molecule is CCC(CN)CC(=O)NC(C)(C)c1ccc(Br)cc1. The molecule has 1 aromatic carbocycles. The summed E-state index contributed by atoms with van der Waals surface area (Å²) in [6.45, 7) is 6.64. The van der Waals surface area contributed by atoms with Crippen molar-refractivity contribution >= 4 is 21.8 Å². The first-order chi connectivity index (χ1) is 8.89. The van der Waals surface area contributed by atoms with Gasteiger partial charge in [-0.2, -0.15) is 0 Å². The molecule has 1 atom stereocenters. The highest BCUT2D eigenvalue weighted by Gasteiger charge is 2.23. The molecule has 1 unspecified atom stereocenters. The maximum atomic E-state index is 12.1. The lowest BCUT2D eigenvalue weighted by Gasteiger charge is -2.28. The van der Waals surface area contributed by atoms with Crippen LogP contribution in [0.1, 0.15) is 39.2 Å².